The second kappa shape index (κ2) is 9.70. The highest BCUT2D eigenvalue weighted by molar-refractivity contribution is 7.14. The van der Waals surface area contributed by atoms with Gasteiger partial charge in [-0.3, -0.25) is 15.1 Å². The Morgan fingerprint density at radius 2 is 1.97 bits per heavy atom. The molecule has 0 aliphatic heterocycles. The van der Waals surface area contributed by atoms with Gasteiger partial charge in [-0.15, -0.1) is 11.3 Å². The number of pyridine rings is 3. The van der Waals surface area contributed by atoms with Gasteiger partial charge in [0.25, 0.3) is 0 Å². The molecule has 0 unspecified atom stereocenters. The number of H-pyrrole nitrogens is 2. The number of imidazole rings is 1. The lowest BCUT2D eigenvalue weighted by Gasteiger charge is -2.11. The SMILES string of the molecule is Fc1ccc(-c2ccnc3nc(-c4n[nH]c5cnc(-c6cncc(CNCC7CCCC7)c6)cc45)[nH]c23)s1. The monoisotopic (exact) mass is 524 g/mol. The molecular weight excluding hydrogens is 499 g/mol. The molecule has 0 spiro atoms. The van der Waals surface area contributed by atoms with Crippen molar-refractivity contribution in [2.75, 3.05) is 6.54 Å². The number of halogens is 1. The molecule has 1 aliphatic rings. The third kappa shape index (κ3) is 4.35. The first-order valence-corrected chi connectivity index (χ1v) is 13.6. The van der Waals surface area contributed by atoms with Gasteiger partial charge in [-0.1, -0.05) is 12.8 Å². The number of thiophene rings is 1. The van der Waals surface area contributed by atoms with Crippen LogP contribution in [0.5, 0.6) is 0 Å². The summed E-state index contributed by atoms with van der Waals surface area (Å²) in [6.45, 7) is 1.85. The second-order valence-corrected chi connectivity index (χ2v) is 10.8. The fourth-order valence-corrected chi connectivity index (χ4v) is 6.06. The maximum atomic E-state index is 13.7. The van der Waals surface area contributed by atoms with Gasteiger partial charge in [0.15, 0.2) is 16.6 Å². The average Bonchev–Trinajstić information content (AvgIpc) is 3.74. The van der Waals surface area contributed by atoms with Crippen LogP contribution in [-0.4, -0.2) is 41.7 Å². The third-order valence-corrected chi connectivity index (χ3v) is 8.14. The maximum absolute atomic E-state index is 13.7. The number of hydrogen-bond acceptors (Lipinski definition) is 7. The molecule has 1 saturated carbocycles. The molecule has 0 bridgehead atoms. The number of rotatable bonds is 7. The average molecular weight is 525 g/mol. The number of aromatic amines is 2. The lowest BCUT2D eigenvalue weighted by Crippen LogP contribution is -2.20. The van der Waals surface area contributed by atoms with E-state index in [1.54, 1.807) is 18.5 Å². The molecule has 6 aromatic rings. The van der Waals surface area contributed by atoms with Crippen molar-refractivity contribution in [3.8, 4) is 33.2 Å². The second-order valence-electron chi connectivity index (χ2n) is 9.80. The number of nitrogens with one attached hydrogen (secondary N) is 3. The van der Waals surface area contributed by atoms with E-state index < -0.39 is 0 Å². The van der Waals surface area contributed by atoms with E-state index in [1.165, 1.54) is 31.7 Å². The van der Waals surface area contributed by atoms with Crippen molar-refractivity contribution in [2.45, 2.75) is 32.2 Å². The van der Waals surface area contributed by atoms with E-state index in [1.807, 2.05) is 24.5 Å². The predicted octanol–water partition coefficient (Wildman–Crippen LogP) is 6.11. The number of aromatic nitrogens is 7. The van der Waals surface area contributed by atoms with Crippen molar-refractivity contribution in [3.63, 3.8) is 0 Å². The van der Waals surface area contributed by atoms with E-state index in [9.17, 15) is 4.39 Å². The van der Waals surface area contributed by atoms with Gasteiger partial charge in [-0.25, -0.2) is 9.97 Å². The zero-order valence-electron chi connectivity index (χ0n) is 20.5. The van der Waals surface area contributed by atoms with Crippen LogP contribution in [0.15, 0.2) is 55.1 Å². The summed E-state index contributed by atoms with van der Waals surface area (Å²) < 4.78 is 13.7. The van der Waals surface area contributed by atoms with Gasteiger partial charge in [-0.2, -0.15) is 9.49 Å². The topological polar surface area (TPSA) is 108 Å². The summed E-state index contributed by atoms with van der Waals surface area (Å²) in [5.41, 5.74) is 6.54. The fraction of sp³-hybridized carbons (Fsp3) is 0.250. The lowest BCUT2D eigenvalue weighted by molar-refractivity contribution is 0.489. The maximum Gasteiger partial charge on any atom is 0.178 e. The third-order valence-electron chi connectivity index (χ3n) is 7.23. The minimum Gasteiger partial charge on any atom is -0.335 e. The minimum absolute atomic E-state index is 0.230. The van der Waals surface area contributed by atoms with Crippen molar-refractivity contribution in [1.82, 2.24) is 40.4 Å². The number of hydrogen-bond donors (Lipinski definition) is 3. The van der Waals surface area contributed by atoms with Gasteiger partial charge >= 0.3 is 0 Å². The molecule has 0 aromatic carbocycles. The highest BCUT2D eigenvalue weighted by Crippen LogP contribution is 2.34. The van der Waals surface area contributed by atoms with Crippen molar-refractivity contribution in [3.05, 3.63) is 65.8 Å². The Morgan fingerprint density at radius 3 is 2.84 bits per heavy atom. The molecule has 190 valence electrons. The van der Waals surface area contributed by atoms with Crippen LogP contribution in [0.25, 0.3) is 55.3 Å². The van der Waals surface area contributed by atoms with Crippen LogP contribution in [-0.2, 0) is 6.54 Å². The first-order valence-electron chi connectivity index (χ1n) is 12.8. The summed E-state index contributed by atoms with van der Waals surface area (Å²) >= 11 is 1.09. The van der Waals surface area contributed by atoms with Crippen LogP contribution in [0, 0.1) is 11.0 Å². The Bertz CT molecular complexity index is 1750. The van der Waals surface area contributed by atoms with Crippen LogP contribution in [0.2, 0.25) is 0 Å². The molecule has 8 nitrogen and oxygen atoms in total. The van der Waals surface area contributed by atoms with Crippen molar-refractivity contribution in [1.29, 1.82) is 0 Å². The quantitative estimate of drug-likeness (QED) is 0.233. The zero-order chi connectivity index (χ0) is 25.5. The van der Waals surface area contributed by atoms with E-state index in [4.69, 9.17) is 4.98 Å². The van der Waals surface area contributed by atoms with Crippen molar-refractivity contribution in [2.24, 2.45) is 5.92 Å². The van der Waals surface area contributed by atoms with Gasteiger partial charge in [0.1, 0.15) is 5.69 Å². The van der Waals surface area contributed by atoms with E-state index in [-0.39, 0.29) is 5.13 Å². The Labute approximate surface area is 221 Å². The molecule has 10 heteroatoms. The van der Waals surface area contributed by atoms with Crippen LogP contribution >= 0.6 is 11.3 Å². The molecule has 38 heavy (non-hydrogen) atoms. The molecule has 1 aliphatic carbocycles. The Kier molecular flexibility index (Phi) is 5.90. The van der Waals surface area contributed by atoms with Crippen molar-refractivity contribution >= 4 is 33.4 Å². The summed E-state index contributed by atoms with van der Waals surface area (Å²) in [6.07, 6.45) is 12.6. The van der Waals surface area contributed by atoms with E-state index in [2.05, 4.69) is 41.5 Å². The van der Waals surface area contributed by atoms with Gasteiger partial charge in [0.05, 0.1) is 22.9 Å². The zero-order valence-corrected chi connectivity index (χ0v) is 21.4. The fourth-order valence-electron chi connectivity index (χ4n) is 5.30. The smallest absolute Gasteiger partial charge is 0.178 e. The van der Waals surface area contributed by atoms with Gasteiger partial charge < -0.3 is 10.3 Å². The summed E-state index contributed by atoms with van der Waals surface area (Å²) in [6, 6.07) is 9.25. The van der Waals surface area contributed by atoms with Crippen molar-refractivity contribution < 1.29 is 4.39 Å². The number of nitrogens with zero attached hydrogens (tertiary/aromatic N) is 5. The highest BCUT2D eigenvalue weighted by Gasteiger charge is 2.18. The summed E-state index contributed by atoms with van der Waals surface area (Å²) in [4.78, 5) is 22.4. The lowest BCUT2D eigenvalue weighted by atomic mass is 10.1. The highest BCUT2D eigenvalue weighted by atomic mass is 32.1. The molecule has 0 atom stereocenters. The molecule has 0 radical (unpaired) electrons. The first kappa shape index (κ1) is 23.1. The summed E-state index contributed by atoms with van der Waals surface area (Å²) in [5, 5.41) is 11.8. The van der Waals surface area contributed by atoms with Crippen LogP contribution in [0.4, 0.5) is 4.39 Å². The largest absolute Gasteiger partial charge is 0.335 e. The normalized spacial score (nSPS) is 14.2. The predicted molar refractivity (Wildman–Crippen MR) is 147 cm³/mol. The molecule has 1 fully saturated rings. The Balaban J connectivity index is 1.20. The summed E-state index contributed by atoms with van der Waals surface area (Å²) in [5.74, 6) is 1.38. The minimum atomic E-state index is -0.230. The van der Waals surface area contributed by atoms with E-state index in [0.29, 0.717) is 17.2 Å². The Hall–Kier alpha value is -4.02. The number of fused-ring (bicyclic) bond motifs is 2. The summed E-state index contributed by atoms with van der Waals surface area (Å²) in [7, 11) is 0. The first-order chi connectivity index (χ1) is 18.7. The van der Waals surface area contributed by atoms with E-state index in [0.717, 1.165) is 74.0 Å². The van der Waals surface area contributed by atoms with Gasteiger partial charge in [-0.05, 0) is 61.2 Å². The van der Waals surface area contributed by atoms with Crippen LogP contribution < -0.4 is 5.32 Å². The molecule has 3 N–H and O–H groups in total. The van der Waals surface area contributed by atoms with Crippen LogP contribution in [0.3, 0.4) is 0 Å². The molecular formula is C28H25FN8S. The van der Waals surface area contributed by atoms with Gasteiger partial charge in [0, 0.05) is 46.5 Å². The Morgan fingerprint density at radius 1 is 1.05 bits per heavy atom. The van der Waals surface area contributed by atoms with Crippen LogP contribution in [0.1, 0.15) is 31.2 Å². The molecule has 0 amide bonds. The molecule has 6 aromatic heterocycles. The molecule has 7 rings (SSSR count). The molecule has 6 heterocycles. The standard InChI is InChI=1S/C28H25FN8S/c29-24-6-5-23(38-24)19-7-8-32-27-25(19)34-28(35-27)26-20-10-21(33-15-22(20)36-37-26)18-9-17(13-31-14-18)12-30-11-16-3-1-2-4-16/h5-10,13-16,30H,1-4,11-12H2,(H,36,37)(H,32,34,35). The van der Waals surface area contributed by atoms with E-state index >= 15 is 0 Å². The van der Waals surface area contributed by atoms with Gasteiger partial charge in [0.2, 0.25) is 0 Å². The molecule has 0 saturated heterocycles.